The number of hydrazine groups is 1. The maximum atomic E-state index is 16.0. The van der Waals surface area contributed by atoms with Gasteiger partial charge in [-0.3, -0.25) is 14.5 Å². The van der Waals surface area contributed by atoms with Gasteiger partial charge in [0.2, 0.25) is 11.8 Å². The van der Waals surface area contributed by atoms with Crippen LogP contribution in [0.4, 0.5) is 26.3 Å². The lowest BCUT2D eigenvalue weighted by molar-refractivity contribution is -0.205. The van der Waals surface area contributed by atoms with E-state index in [1.807, 2.05) is 0 Å². The first-order valence-corrected chi connectivity index (χ1v) is 14.2. The molecule has 2 aliphatic carbocycles. The van der Waals surface area contributed by atoms with Crippen molar-refractivity contribution in [1.29, 1.82) is 0 Å². The average molecular weight is 584 g/mol. The van der Waals surface area contributed by atoms with Gasteiger partial charge in [0, 0.05) is 43.4 Å². The summed E-state index contributed by atoms with van der Waals surface area (Å²) < 4.78 is 89.6. The summed E-state index contributed by atoms with van der Waals surface area (Å²) in [6, 6.07) is -0.646. The number of likely N-dealkylation sites (tertiary alicyclic amines) is 2. The highest BCUT2D eigenvalue weighted by atomic mass is 19.4. The zero-order chi connectivity index (χ0) is 29.2. The largest absolute Gasteiger partial charge is 0.392 e. The highest BCUT2D eigenvalue weighted by molar-refractivity contribution is 5.85. The van der Waals surface area contributed by atoms with Crippen molar-refractivity contribution < 1.29 is 41.0 Å². The van der Waals surface area contributed by atoms with E-state index in [2.05, 4.69) is 10.9 Å². The van der Waals surface area contributed by atoms with E-state index in [0.29, 0.717) is 19.3 Å². The predicted octanol–water partition coefficient (Wildman–Crippen LogP) is 2.49. The van der Waals surface area contributed by atoms with Crippen LogP contribution in [0.1, 0.15) is 51.9 Å². The van der Waals surface area contributed by atoms with Crippen molar-refractivity contribution in [2.24, 2.45) is 29.6 Å². The van der Waals surface area contributed by atoms with Crippen LogP contribution in [-0.2, 0) is 9.59 Å². The molecule has 5 aliphatic rings. The molecule has 3 saturated heterocycles. The minimum Gasteiger partial charge on any atom is -0.391 e. The van der Waals surface area contributed by atoms with E-state index in [-0.39, 0.29) is 45.6 Å². The maximum absolute atomic E-state index is 16.0. The Labute approximate surface area is 229 Å². The molecule has 228 valence electrons. The average Bonchev–Trinajstić information content (AvgIpc) is 3.61. The highest BCUT2D eigenvalue weighted by Gasteiger charge is 2.64. The molecule has 0 aromatic rings. The van der Waals surface area contributed by atoms with Gasteiger partial charge in [-0.05, 0) is 58.4 Å². The van der Waals surface area contributed by atoms with E-state index in [9.17, 15) is 27.9 Å². The summed E-state index contributed by atoms with van der Waals surface area (Å²) >= 11 is 0. The number of carbonyl (C=O) groups is 2. The lowest BCUT2D eigenvalue weighted by atomic mass is 9.68. The fourth-order valence-electron chi connectivity index (χ4n) is 7.83. The highest BCUT2D eigenvalue weighted by Crippen LogP contribution is 2.53. The third kappa shape index (κ3) is 5.11. The molecular weight excluding hydrogens is 544 g/mol. The molecule has 5 rings (SSSR count). The molecule has 7 unspecified atom stereocenters. The van der Waals surface area contributed by atoms with E-state index < -0.39 is 83.9 Å². The van der Waals surface area contributed by atoms with Gasteiger partial charge in [0.15, 0.2) is 5.67 Å². The molecule has 0 bridgehead atoms. The Morgan fingerprint density at radius 1 is 1.02 bits per heavy atom. The normalized spacial score (nSPS) is 39.5. The van der Waals surface area contributed by atoms with Gasteiger partial charge in [0.25, 0.3) is 0 Å². The number of aliphatic hydroxyl groups is 1. The van der Waals surface area contributed by atoms with Crippen LogP contribution in [0.3, 0.4) is 0 Å². The number of nitrogens with one attached hydrogen (secondary N) is 2. The molecule has 2 amide bonds. The number of nitrogens with zero attached hydrogens (tertiary/aromatic N) is 3. The number of alkyl halides is 6. The van der Waals surface area contributed by atoms with Crippen molar-refractivity contribution in [1.82, 2.24) is 25.6 Å². The van der Waals surface area contributed by atoms with Gasteiger partial charge in [-0.2, -0.15) is 22.0 Å². The Bertz CT molecular complexity index is 983. The second-order valence-corrected chi connectivity index (χ2v) is 12.7. The van der Waals surface area contributed by atoms with Crippen molar-refractivity contribution in [2.75, 3.05) is 33.4 Å². The smallest absolute Gasteiger partial charge is 0.391 e. The predicted molar refractivity (Wildman–Crippen MR) is 131 cm³/mol. The summed E-state index contributed by atoms with van der Waals surface area (Å²) in [5.41, 5.74) is 2.08. The van der Waals surface area contributed by atoms with Crippen LogP contribution in [0, 0.1) is 29.6 Å². The molecule has 0 aromatic heterocycles. The Kier molecular flexibility index (Phi) is 7.88. The lowest BCUT2D eigenvalue weighted by Crippen LogP contribution is -2.62. The van der Waals surface area contributed by atoms with Crippen LogP contribution in [0.25, 0.3) is 0 Å². The Hall–Kier alpha value is -1.64. The standard InChI is InChI=1S/C26H39F6N5O3/c1-24(27,25(28,29)23-34-33-13-35(23)2)15-4-3-5-16(10-15)37-12-19-18(22(37)40)8-14(9-20(19)26(30,31)32)21(39)36-7-6-17(38)11-36/h14-20,23,33-34,38H,3-13H2,1-2H3/t14?,15?,16?,17-,18?,19?,20?,23?,24+/m0/s1. The zero-order valence-corrected chi connectivity index (χ0v) is 22.8. The zero-order valence-electron chi connectivity index (χ0n) is 22.8. The van der Waals surface area contributed by atoms with Crippen LogP contribution in [0.5, 0.6) is 0 Å². The number of rotatable bonds is 5. The van der Waals surface area contributed by atoms with Crippen molar-refractivity contribution >= 4 is 11.8 Å². The minimum absolute atomic E-state index is 0.0141. The van der Waals surface area contributed by atoms with Crippen LogP contribution < -0.4 is 10.9 Å². The number of hydrogen-bond acceptors (Lipinski definition) is 6. The molecule has 3 N–H and O–H groups in total. The number of fused-ring (bicyclic) bond motifs is 1. The Balaban J connectivity index is 1.33. The third-order valence-electron chi connectivity index (χ3n) is 10.2. The van der Waals surface area contributed by atoms with Gasteiger partial charge >= 0.3 is 12.1 Å². The molecule has 0 aromatic carbocycles. The molecular formula is C26H39F6N5O3. The van der Waals surface area contributed by atoms with Crippen molar-refractivity contribution in [2.45, 2.75) is 87.9 Å². The van der Waals surface area contributed by atoms with Crippen molar-refractivity contribution in [3.63, 3.8) is 0 Å². The number of halogens is 6. The summed E-state index contributed by atoms with van der Waals surface area (Å²) in [5.74, 6) is -10.7. The van der Waals surface area contributed by atoms with E-state index in [0.717, 1.165) is 6.92 Å². The van der Waals surface area contributed by atoms with Crippen LogP contribution >= 0.6 is 0 Å². The Morgan fingerprint density at radius 3 is 2.35 bits per heavy atom. The van der Waals surface area contributed by atoms with Gasteiger partial charge in [0.1, 0.15) is 6.17 Å². The van der Waals surface area contributed by atoms with Gasteiger partial charge in [-0.25, -0.2) is 15.2 Å². The van der Waals surface area contributed by atoms with Crippen LogP contribution in [0.2, 0.25) is 0 Å². The van der Waals surface area contributed by atoms with Crippen molar-refractivity contribution in [3.05, 3.63) is 0 Å². The molecule has 14 heteroatoms. The summed E-state index contributed by atoms with van der Waals surface area (Å²) in [4.78, 5) is 30.7. The second-order valence-electron chi connectivity index (χ2n) is 12.7. The van der Waals surface area contributed by atoms with E-state index in [4.69, 9.17) is 0 Å². The van der Waals surface area contributed by atoms with Crippen LogP contribution in [-0.4, -0.2) is 101 Å². The fraction of sp³-hybridized carbons (Fsp3) is 0.923. The molecule has 3 aliphatic heterocycles. The monoisotopic (exact) mass is 583 g/mol. The number of β-amino-alcohol motifs (C(OH)–C–C–N with tert-alkyl or cyclic N) is 1. The number of hydrogen-bond donors (Lipinski definition) is 3. The first-order valence-electron chi connectivity index (χ1n) is 14.2. The molecule has 9 atom stereocenters. The van der Waals surface area contributed by atoms with E-state index >= 15 is 13.2 Å². The van der Waals surface area contributed by atoms with E-state index in [1.165, 1.54) is 21.7 Å². The topological polar surface area (TPSA) is 88.2 Å². The molecule has 2 saturated carbocycles. The molecule has 8 nitrogen and oxygen atoms in total. The maximum Gasteiger partial charge on any atom is 0.392 e. The molecule has 3 heterocycles. The van der Waals surface area contributed by atoms with Crippen molar-refractivity contribution in [3.8, 4) is 0 Å². The second kappa shape index (κ2) is 10.6. The minimum atomic E-state index is -4.62. The van der Waals surface area contributed by atoms with Gasteiger partial charge in [0.05, 0.1) is 18.7 Å². The quantitative estimate of drug-likeness (QED) is 0.432. The van der Waals surface area contributed by atoms with E-state index in [1.54, 1.807) is 0 Å². The number of aliphatic hydroxyl groups excluding tert-OH is 1. The number of amides is 2. The van der Waals surface area contributed by atoms with Crippen LogP contribution in [0.15, 0.2) is 0 Å². The van der Waals surface area contributed by atoms with Gasteiger partial charge in [-0.15, -0.1) is 0 Å². The summed E-state index contributed by atoms with van der Waals surface area (Å²) in [7, 11) is 1.44. The van der Waals surface area contributed by atoms with Gasteiger partial charge in [-0.1, -0.05) is 6.42 Å². The first kappa shape index (κ1) is 29.8. The lowest BCUT2D eigenvalue weighted by Gasteiger charge is -2.45. The summed E-state index contributed by atoms with van der Waals surface area (Å²) in [6.07, 6.45) is -6.09. The summed E-state index contributed by atoms with van der Waals surface area (Å²) in [6.45, 7) is 1.14. The Morgan fingerprint density at radius 2 is 1.75 bits per heavy atom. The number of carbonyl (C=O) groups excluding carboxylic acids is 2. The van der Waals surface area contributed by atoms with Gasteiger partial charge < -0.3 is 14.9 Å². The molecule has 5 fully saturated rings. The molecule has 0 spiro atoms. The molecule has 0 radical (unpaired) electrons. The third-order valence-corrected chi connectivity index (χ3v) is 10.2. The summed E-state index contributed by atoms with van der Waals surface area (Å²) in [5, 5.41) is 9.79. The SMILES string of the molecule is CN1CNNC1C(F)(F)[C@](C)(F)C1CCCC(N2CC3C(CC(C(=O)N4CC[C@H](O)C4)CC3C(F)(F)F)C2=O)C1. The first-order chi connectivity index (χ1) is 18.6. The fourth-order valence-corrected chi connectivity index (χ4v) is 7.83. The molecule has 40 heavy (non-hydrogen) atoms.